The van der Waals surface area contributed by atoms with Gasteiger partial charge in [-0.05, 0) is 96.6 Å². The Hall–Kier alpha value is -2.78. The van der Waals surface area contributed by atoms with Crippen LogP contribution < -0.4 is 9.47 Å². The molecule has 3 nitrogen and oxygen atoms in total. The lowest BCUT2D eigenvalue weighted by Crippen LogP contribution is -2.58. The molecule has 0 unspecified atom stereocenters. The summed E-state index contributed by atoms with van der Waals surface area (Å²) in [7, 11) is 0. The lowest BCUT2D eigenvalue weighted by atomic mass is 9.45. The number of fused-ring (bicyclic) bond motifs is 1. The largest absolute Gasteiger partial charge is 0.489 e. The van der Waals surface area contributed by atoms with E-state index in [-0.39, 0.29) is 11.3 Å². The van der Waals surface area contributed by atoms with Crippen LogP contribution in [0.15, 0.2) is 78.9 Å². The van der Waals surface area contributed by atoms with Crippen molar-refractivity contribution in [2.24, 2.45) is 22.7 Å². The number of benzene rings is 3. The minimum atomic E-state index is -0.712. The summed E-state index contributed by atoms with van der Waals surface area (Å²) in [4.78, 5) is 0. The molecule has 202 valence electrons. The van der Waals surface area contributed by atoms with Crippen molar-refractivity contribution in [1.29, 1.82) is 0 Å². The molecule has 3 aromatic rings. The third-order valence-electron chi connectivity index (χ3n) is 9.70. The van der Waals surface area contributed by atoms with E-state index in [1.807, 2.05) is 42.5 Å². The second-order valence-corrected chi connectivity index (χ2v) is 12.9. The highest BCUT2D eigenvalue weighted by Crippen LogP contribution is 2.62. The second-order valence-electron chi connectivity index (χ2n) is 12.9. The highest BCUT2D eigenvalue weighted by molar-refractivity contribution is 5.41. The van der Waals surface area contributed by atoms with Crippen molar-refractivity contribution in [3.8, 4) is 11.5 Å². The summed E-state index contributed by atoms with van der Waals surface area (Å²) in [6.07, 6.45) is 6.41. The van der Waals surface area contributed by atoms with Crippen molar-refractivity contribution in [3.63, 3.8) is 0 Å². The van der Waals surface area contributed by atoms with Crippen LogP contribution in [0, 0.1) is 22.7 Å². The van der Waals surface area contributed by atoms with Crippen molar-refractivity contribution in [3.05, 3.63) is 95.6 Å². The Kier molecular flexibility index (Phi) is 7.60. The van der Waals surface area contributed by atoms with Gasteiger partial charge >= 0.3 is 0 Å². The Balaban J connectivity index is 1.45. The number of rotatable bonds is 8. The average Bonchev–Trinajstić information content (AvgIpc) is 2.89. The molecule has 3 aromatic carbocycles. The van der Waals surface area contributed by atoms with E-state index in [1.54, 1.807) is 0 Å². The maximum absolute atomic E-state index is 11.8. The van der Waals surface area contributed by atoms with E-state index in [9.17, 15) is 5.11 Å². The molecule has 0 heterocycles. The van der Waals surface area contributed by atoms with Crippen molar-refractivity contribution in [2.75, 3.05) is 0 Å². The van der Waals surface area contributed by atoms with Crippen LogP contribution in [0.1, 0.15) is 76.5 Å². The number of hydrogen-bond acceptors (Lipinski definition) is 3. The van der Waals surface area contributed by atoms with Gasteiger partial charge < -0.3 is 14.6 Å². The molecular weight excluding hydrogens is 468 g/mol. The van der Waals surface area contributed by atoms with Crippen LogP contribution in [0.2, 0.25) is 0 Å². The van der Waals surface area contributed by atoms with Gasteiger partial charge in [-0.2, -0.15) is 0 Å². The Labute approximate surface area is 229 Å². The molecule has 2 aliphatic rings. The second kappa shape index (κ2) is 10.8. The van der Waals surface area contributed by atoms with Crippen LogP contribution in [-0.2, 0) is 19.6 Å². The molecule has 3 heteroatoms. The molecule has 0 aliphatic heterocycles. The zero-order chi connectivity index (χ0) is 26.8. The van der Waals surface area contributed by atoms with Gasteiger partial charge in [0.05, 0.1) is 5.60 Å². The van der Waals surface area contributed by atoms with Gasteiger partial charge in [0.25, 0.3) is 0 Å². The highest BCUT2D eigenvalue weighted by atomic mass is 16.5. The fourth-order valence-electron chi connectivity index (χ4n) is 7.72. The van der Waals surface area contributed by atoms with Gasteiger partial charge in [-0.1, -0.05) is 87.9 Å². The minimum Gasteiger partial charge on any atom is -0.489 e. The predicted molar refractivity (Wildman–Crippen MR) is 154 cm³/mol. The van der Waals surface area contributed by atoms with E-state index in [2.05, 4.69) is 64.1 Å². The summed E-state index contributed by atoms with van der Waals surface area (Å²) < 4.78 is 12.7. The minimum absolute atomic E-state index is 0.0844. The van der Waals surface area contributed by atoms with E-state index in [0.717, 1.165) is 47.5 Å². The molecular formula is C35H44O3. The van der Waals surface area contributed by atoms with Gasteiger partial charge in [0.15, 0.2) is 0 Å². The SMILES string of the molecule is CC1(C)CCC[C@]2(C)[C@@H]1CC[C@@](C)(O)[C@H]2Cc1cc(OCc2ccccc2)ccc1OCc1ccccc1. The molecule has 0 aromatic heterocycles. The first kappa shape index (κ1) is 26.8. The first-order valence-corrected chi connectivity index (χ1v) is 14.4. The number of aliphatic hydroxyl groups is 1. The van der Waals surface area contributed by atoms with Crippen LogP contribution in [-0.4, -0.2) is 10.7 Å². The molecule has 0 spiro atoms. The first-order chi connectivity index (χ1) is 18.2. The van der Waals surface area contributed by atoms with Gasteiger partial charge in [-0.15, -0.1) is 0 Å². The van der Waals surface area contributed by atoms with Crippen LogP contribution >= 0.6 is 0 Å². The van der Waals surface area contributed by atoms with Gasteiger partial charge in [0.2, 0.25) is 0 Å². The van der Waals surface area contributed by atoms with Crippen molar-refractivity contribution >= 4 is 0 Å². The summed E-state index contributed by atoms with van der Waals surface area (Å²) >= 11 is 0. The van der Waals surface area contributed by atoms with E-state index in [0.29, 0.717) is 24.5 Å². The Morgan fingerprint density at radius 3 is 2.05 bits per heavy atom. The van der Waals surface area contributed by atoms with E-state index >= 15 is 0 Å². The summed E-state index contributed by atoms with van der Waals surface area (Å²) in [5, 5.41) is 11.8. The molecule has 5 rings (SSSR count). The quantitative estimate of drug-likeness (QED) is 0.329. The highest BCUT2D eigenvalue weighted by Gasteiger charge is 2.57. The first-order valence-electron chi connectivity index (χ1n) is 14.4. The number of hydrogen-bond donors (Lipinski definition) is 1. The Morgan fingerprint density at radius 2 is 1.39 bits per heavy atom. The van der Waals surface area contributed by atoms with Gasteiger partial charge in [-0.25, -0.2) is 0 Å². The van der Waals surface area contributed by atoms with Crippen LogP contribution in [0.5, 0.6) is 11.5 Å². The predicted octanol–water partition coefficient (Wildman–Crippen LogP) is 8.38. The van der Waals surface area contributed by atoms with E-state index in [1.165, 1.54) is 19.3 Å². The molecule has 1 N–H and O–H groups in total. The van der Waals surface area contributed by atoms with Crippen LogP contribution in [0.3, 0.4) is 0 Å². The molecule has 0 bridgehead atoms. The third kappa shape index (κ3) is 5.64. The fourth-order valence-corrected chi connectivity index (χ4v) is 7.72. The zero-order valence-corrected chi connectivity index (χ0v) is 23.6. The Morgan fingerprint density at radius 1 is 0.763 bits per heavy atom. The van der Waals surface area contributed by atoms with Gasteiger partial charge in [0.1, 0.15) is 24.7 Å². The number of ether oxygens (including phenoxy) is 2. The average molecular weight is 513 g/mol. The molecule has 2 saturated carbocycles. The van der Waals surface area contributed by atoms with E-state index in [4.69, 9.17) is 9.47 Å². The summed E-state index contributed by atoms with van der Waals surface area (Å²) in [5.41, 5.74) is 3.09. The zero-order valence-electron chi connectivity index (χ0n) is 23.6. The molecule has 38 heavy (non-hydrogen) atoms. The maximum atomic E-state index is 11.8. The topological polar surface area (TPSA) is 38.7 Å². The van der Waals surface area contributed by atoms with Crippen molar-refractivity contribution < 1.29 is 14.6 Å². The third-order valence-corrected chi connectivity index (χ3v) is 9.70. The molecule has 0 saturated heterocycles. The normalized spacial score (nSPS) is 28.3. The summed E-state index contributed by atoms with van der Waals surface area (Å²) in [6.45, 7) is 10.5. The molecule has 0 radical (unpaired) electrons. The molecule has 0 amide bonds. The maximum Gasteiger partial charge on any atom is 0.123 e. The van der Waals surface area contributed by atoms with Gasteiger partial charge in [-0.3, -0.25) is 0 Å². The van der Waals surface area contributed by atoms with Crippen molar-refractivity contribution in [2.45, 2.75) is 85.0 Å². The molecule has 2 aliphatic carbocycles. The van der Waals surface area contributed by atoms with E-state index < -0.39 is 5.60 Å². The lowest BCUT2D eigenvalue weighted by molar-refractivity contribution is -0.166. The van der Waals surface area contributed by atoms with Crippen LogP contribution in [0.4, 0.5) is 0 Å². The monoisotopic (exact) mass is 512 g/mol. The summed E-state index contributed by atoms with van der Waals surface area (Å²) in [6, 6.07) is 26.8. The fraction of sp³-hybridized carbons (Fsp3) is 0.486. The van der Waals surface area contributed by atoms with Gasteiger partial charge in [0, 0.05) is 0 Å². The van der Waals surface area contributed by atoms with Crippen LogP contribution in [0.25, 0.3) is 0 Å². The van der Waals surface area contributed by atoms with Crippen molar-refractivity contribution in [1.82, 2.24) is 0 Å². The smallest absolute Gasteiger partial charge is 0.123 e. The molecule has 4 atom stereocenters. The molecule has 2 fully saturated rings. The Bertz CT molecular complexity index is 1200. The standard InChI is InChI=1S/C35H44O3/c1-33(2)19-11-20-34(3)31(33)18-21-35(4,36)32(34)23-28-22-29(37-24-26-12-7-5-8-13-26)16-17-30(28)38-25-27-14-9-6-10-15-27/h5-10,12-17,22,31-32,36H,11,18-21,23-25H2,1-4H3/t31-,32+,34-,35-/m1/s1. The lowest BCUT2D eigenvalue weighted by Gasteiger charge is -2.61. The summed E-state index contributed by atoms with van der Waals surface area (Å²) in [5.74, 6) is 2.49.